The second kappa shape index (κ2) is 6.22. The van der Waals surface area contributed by atoms with Crippen molar-refractivity contribution in [3.8, 4) is 0 Å². The van der Waals surface area contributed by atoms with Gasteiger partial charge in [-0.2, -0.15) is 11.8 Å². The zero-order valence-electron chi connectivity index (χ0n) is 10.9. The summed E-state index contributed by atoms with van der Waals surface area (Å²) in [5, 5.41) is 8.11. The molecule has 1 saturated carbocycles. The zero-order chi connectivity index (χ0) is 13.0. The lowest BCUT2D eigenvalue weighted by molar-refractivity contribution is 0.0518. The topological polar surface area (TPSA) is 57.0 Å². The molecule has 0 radical (unpaired) electrons. The van der Waals surface area contributed by atoms with Gasteiger partial charge in [0.15, 0.2) is 5.69 Å². The minimum absolute atomic E-state index is 0.339. The van der Waals surface area contributed by atoms with Gasteiger partial charge in [0.25, 0.3) is 0 Å². The standard InChI is InChI=1S/C12H19N3O2S/c1-3-17-12(16)10-11(9-5-6-9)15(14-13-10)7-8-18-4-2/h9H,3-8H2,1-2H3. The van der Waals surface area contributed by atoms with Crippen molar-refractivity contribution in [3.63, 3.8) is 0 Å². The predicted molar refractivity (Wildman–Crippen MR) is 71.0 cm³/mol. The van der Waals surface area contributed by atoms with Gasteiger partial charge in [0.1, 0.15) is 0 Å². The number of ether oxygens (including phenoxy) is 1. The van der Waals surface area contributed by atoms with Crippen molar-refractivity contribution in [1.82, 2.24) is 15.0 Å². The van der Waals surface area contributed by atoms with Gasteiger partial charge < -0.3 is 4.74 Å². The van der Waals surface area contributed by atoms with Gasteiger partial charge in [0.05, 0.1) is 18.8 Å². The molecule has 0 amide bonds. The number of nitrogens with zero attached hydrogens (tertiary/aromatic N) is 3. The van der Waals surface area contributed by atoms with E-state index in [9.17, 15) is 4.79 Å². The minimum atomic E-state index is -0.339. The van der Waals surface area contributed by atoms with Gasteiger partial charge in [0, 0.05) is 11.7 Å². The van der Waals surface area contributed by atoms with Gasteiger partial charge in [-0.05, 0) is 25.5 Å². The summed E-state index contributed by atoms with van der Waals surface area (Å²) in [6.07, 6.45) is 2.25. The molecule has 0 N–H and O–H groups in total. The number of hydrogen-bond acceptors (Lipinski definition) is 5. The summed E-state index contributed by atoms with van der Waals surface area (Å²) in [5.74, 6) is 2.21. The fourth-order valence-electron chi connectivity index (χ4n) is 1.89. The van der Waals surface area contributed by atoms with Crippen molar-refractivity contribution < 1.29 is 9.53 Å². The smallest absolute Gasteiger partial charge is 0.360 e. The van der Waals surface area contributed by atoms with Gasteiger partial charge in [-0.1, -0.05) is 12.1 Å². The molecule has 0 aromatic carbocycles. The normalized spacial score (nSPS) is 14.8. The van der Waals surface area contributed by atoms with E-state index >= 15 is 0 Å². The summed E-state index contributed by atoms with van der Waals surface area (Å²) < 4.78 is 6.91. The Labute approximate surface area is 111 Å². The third kappa shape index (κ3) is 3.04. The van der Waals surface area contributed by atoms with E-state index in [1.807, 2.05) is 16.4 Å². The highest BCUT2D eigenvalue weighted by Crippen LogP contribution is 2.41. The van der Waals surface area contributed by atoms with E-state index in [0.29, 0.717) is 18.2 Å². The summed E-state index contributed by atoms with van der Waals surface area (Å²) in [6.45, 7) is 5.13. The van der Waals surface area contributed by atoms with Gasteiger partial charge in [-0.3, -0.25) is 0 Å². The quantitative estimate of drug-likeness (QED) is 0.560. The number of aromatic nitrogens is 3. The molecule has 100 valence electrons. The van der Waals surface area contributed by atoms with Gasteiger partial charge in [-0.25, -0.2) is 9.48 Å². The molecular weight excluding hydrogens is 250 g/mol. The molecule has 6 heteroatoms. The van der Waals surface area contributed by atoms with Crippen LogP contribution < -0.4 is 0 Å². The van der Waals surface area contributed by atoms with Crippen LogP contribution in [0.15, 0.2) is 0 Å². The van der Waals surface area contributed by atoms with Crippen LogP contribution in [0.3, 0.4) is 0 Å². The number of esters is 1. The van der Waals surface area contributed by atoms with Gasteiger partial charge in [0.2, 0.25) is 0 Å². The van der Waals surface area contributed by atoms with E-state index in [1.165, 1.54) is 0 Å². The molecule has 0 saturated heterocycles. The predicted octanol–water partition coefficient (Wildman–Crippen LogP) is 2.09. The van der Waals surface area contributed by atoms with E-state index in [4.69, 9.17) is 4.74 Å². The SMILES string of the molecule is CCOC(=O)c1nnn(CCSCC)c1C1CC1. The maximum absolute atomic E-state index is 11.8. The second-order valence-corrected chi connectivity index (χ2v) is 5.63. The van der Waals surface area contributed by atoms with Crippen LogP contribution >= 0.6 is 11.8 Å². The van der Waals surface area contributed by atoms with Crippen molar-refractivity contribution >= 4 is 17.7 Å². The lowest BCUT2D eigenvalue weighted by Crippen LogP contribution is -2.11. The molecule has 5 nitrogen and oxygen atoms in total. The second-order valence-electron chi connectivity index (χ2n) is 4.24. The Morgan fingerprint density at radius 2 is 2.28 bits per heavy atom. The lowest BCUT2D eigenvalue weighted by atomic mass is 10.2. The molecule has 1 fully saturated rings. The summed E-state index contributed by atoms with van der Waals surface area (Å²) in [6, 6.07) is 0. The fraction of sp³-hybridized carbons (Fsp3) is 0.750. The first-order valence-corrected chi connectivity index (χ1v) is 7.61. The number of rotatable bonds is 7. The van der Waals surface area contributed by atoms with Crippen molar-refractivity contribution in [1.29, 1.82) is 0 Å². The molecule has 1 aliphatic carbocycles. The van der Waals surface area contributed by atoms with Crippen LogP contribution in [0, 0.1) is 0 Å². The van der Waals surface area contributed by atoms with Crippen molar-refractivity contribution in [2.75, 3.05) is 18.1 Å². The molecule has 18 heavy (non-hydrogen) atoms. The summed E-state index contributed by atoms with van der Waals surface area (Å²) in [4.78, 5) is 11.8. The number of thioether (sulfide) groups is 1. The van der Waals surface area contributed by atoms with E-state index in [-0.39, 0.29) is 5.97 Å². The maximum Gasteiger partial charge on any atom is 0.360 e. The number of carbonyl (C=O) groups excluding carboxylic acids is 1. The van der Waals surface area contributed by atoms with Crippen LogP contribution in [0.5, 0.6) is 0 Å². The number of hydrogen-bond donors (Lipinski definition) is 0. The molecule has 1 heterocycles. The van der Waals surface area contributed by atoms with Crippen LogP contribution in [0.4, 0.5) is 0 Å². The summed E-state index contributed by atoms with van der Waals surface area (Å²) in [5.41, 5.74) is 1.39. The lowest BCUT2D eigenvalue weighted by Gasteiger charge is -2.06. The Morgan fingerprint density at radius 1 is 1.50 bits per heavy atom. The number of aryl methyl sites for hydroxylation is 1. The van der Waals surface area contributed by atoms with Crippen LogP contribution in [-0.2, 0) is 11.3 Å². The first kappa shape index (κ1) is 13.4. The van der Waals surface area contributed by atoms with Crippen molar-refractivity contribution in [2.45, 2.75) is 39.2 Å². The average Bonchev–Trinajstić information content (AvgIpc) is 3.11. The first-order valence-electron chi connectivity index (χ1n) is 6.46. The van der Waals surface area contributed by atoms with Crippen LogP contribution in [0.1, 0.15) is 48.8 Å². The van der Waals surface area contributed by atoms with E-state index in [1.54, 1.807) is 6.92 Å². The molecule has 0 bridgehead atoms. The Bertz CT molecular complexity index is 415. The highest BCUT2D eigenvalue weighted by molar-refractivity contribution is 7.99. The van der Waals surface area contributed by atoms with Crippen LogP contribution in [0.2, 0.25) is 0 Å². The van der Waals surface area contributed by atoms with Gasteiger partial charge >= 0.3 is 5.97 Å². The van der Waals surface area contributed by atoms with E-state index in [2.05, 4.69) is 17.2 Å². The molecule has 0 spiro atoms. The third-order valence-corrected chi connectivity index (χ3v) is 3.74. The third-order valence-electron chi connectivity index (χ3n) is 2.86. The molecule has 1 aromatic heterocycles. The molecule has 0 atom stereocenters. The molecule has 1 aliphatic rings. The van der Waals surface area contributed by atoms with Crippen LogP contribution in [0.25, 0.3) is 0 Å². The molecular formula is C12H19N3O2S. The molecule has 0 unspecified atom stereocenters. The largest absolute Gasteiger partial charge is 0.461 e. The monoisotopic (exact) mass is 269 g/mol. The maximum atomic E-state index is 11.8. The van der Waals surface area contributed by atoms with Crippen molar-refractivity contribution in [3.05, 3.63) is 11.4 Å². The minimum Gasteiger partial charge on any atom is -0.461 e. The highest BCUT2D eigenvalue weighted by atomic mass is 32.2. The average molecular weight is 269 g/mol. The van der Waals surface area contributed by atoms with E-state index < -0.39 is 0 Å². The first-order chi connectivity index (χ1) is 8.77. The Morgan fingerprint density at radius 3 is 2.89 bits per heavy atom. The summed E-state index contributed by atoms with van der Waals surface area (Å²) in [7, 11) is 0. The molecule has 1 aromatic rings. The van der Waals surface area contributed by atoms with Crippen molar-refractivity contribution in [2.24, 2.45) is 0 Å². The van der Waals surface area contributed by atoms with E-state index in [0.717, 1.165) is 36.6 Å². The zero-order valence-corrected chi connectivity index (χ0v) is 11.7. The Hall–Kier alpha value is -1.04. The Kier molecular flexibility index (Phi) is 4.63. The summed E-state index contributed by atoms with van der Waals surface area (Å²) >= 11 is 1.87. The fourth-order valence-corrected chi connectivity index (χ4v) is 2.48. The Balaban J connectivity index is 2.12. The van der Waals surface area contributed by atoms with Gasteiger partial charge in [-0.15, -0.1) is 5.10 Å². The highest BCUT2D eigenvalue weighted by Gasteiger charge is 2.34. The van der Waals surface area contributed by atoms with Crippen LogP contribution in [-0.4, -0.2) is 39.1 Å². The number of carbonyl (C=O) groups is 1. The molecule has 2 rings (SSSR count). The molecule has 0 aliphatic heterocycles.